The summed E-state index contributed by atoms with van der Waals surface area (Å²) in [5.41, 5.74) is 0. The van der Waals surface area contributed by atoms with E-state index in [-0.39, 0.29) is 24.3 Å². The Morgan fingerprint density at radius 2 is 2.11 bits per heavy atom. The number of hydrogen-bond acceptors (Lipinski definition) is 3. The average molecular weight is 251 g/mol. The van der Waals surface area contributed by atoms with Crippen molar-refractivity contribution in [3.8, 4) is 0 Å². The third kappa shape index (κ3) is 2.57. The van der Waals surface area contributed by atoms with Gasteiger partial charge in [-0.3, -0.25) is 9.59 Å². The number of carbonyl (C=O) groups is 2. The largest absolute Gasteiger partial charge is 0.468 e. The number of esters is 1. The van der Waals surface area contributed by atoms with Crippen molar-refractivity contribution in [1.29, 1.82) is 0 Å². The van der Waals surface area contributed by atoms with E-state index in [2.05, 4.69) is 16.9 Å². The van der Waals surface area contributed by atoms with Gasteiger partial charge in [-0.1, -0.05) is 19.1 Å². The summed E-state index contributed by atoms with van der Waals surface area (Å²) >= 11 is 0. The minimum Gasteiger partial charge on any atom is -0.468 e. The van der Waals surface area contributed by atoms with Crippen LogP contribution in [-0.2, 0) is 14.3 Å². The number of methoxy groups -OCH3 is 1. The maximum atomic E-state index is 12.5. The van der Waals surface area contributed by atoms with Crippen LogP contribution in [0.25, 0.3) is 0 Å². The van der Waals surface area contributed by atoms with Gasteiger partial charge in [0.15, 0.2) is 0 Å². The van der Waals surface area contributed by atoms with Crippen molar-refractivity contribution >= 4 is 11.9 Å². The molecular formula is C14H21NO3. The molecule has 0 saturated heterocycles. The lowest BCUT2D eigenvalue weighted by molar-refractivity contribution is -0.148. The average Bonchev–Trinajstić information content (AvgIpc) is 2.99. The molecule has 3 unspecified atom stereocenters. The van der Waals surface area contributed by atoms with Gasteiger partial charge in [0.25, 0.3) is 0 Å². The Bertz CT molecular complexity index is 364. The molecule has 0 aliphatic heterocycles. The Hall–Kier alpha value is -1.32. The Balaban J connectivity index is 1.99. The Kier molecular flexibility index (Phi) is 4.04. The fourth-order valence-corrected chi connectivity index (χ4v) is 3.06. The van der Waals surface area contributed by atoms with Crippen LogP contribution in [0.5, 0.6) is 0 Å². The molecule has 4 heteroatoms. The molecule has 2 aliphatic carbocycles. The van der Waals surface area contributed by atoms with E-state index in [0.717, 1.165) is 19.3 Å². The van der Waals surface area contributed by atoms with Crippen molar-refractivity contribution in [3.05, 3.63) is 12.2 Å². The Morgan fingerprint density at radius 1 is 1.33 bits per heavy atom. The fourth-order valence-electron chi connectivity index (χ4n) is 3.06. The SMILES string of the molecule is CCCN(CC(=O)OC)C(=O)C1CC2C=CC1C2. The van der Waals surface area contributed by atoms with E-state index < -0.39 is 0 Å². The molecule has 2 bridgehead atoms. The lowest BCUT2D eigenvalue weighted by atomic mass is 9.92. The molecule has 1 amide bonds. The van der Waals surface area contributed by atoms with Gasteiger partial charge in [0.05, 0.1) is 7.11 Å². The molecular weight excluding hydrogens is 230 g/mol. The minimum absolute atomic E-state index is 0.0798. The molecule has 0 N–H and O–H groups in total. The minimum atomic E-state index is -0.338. The lowest BCUT2D eigenvalue weighted by Crippen LogP contribution is -2.41. The zero-order chi connectivity index (χ0) is 13.1. The van der Waals surface area contributed by atoms with Crippen LogP contribution in [0.1, 0.15) is 26.2 Å². The highest BCUT2D eigenvalue weighted by Gasteiger charge is 2.41. The second-order valence-corrected chi connectivity index (χ2v) is 5.22. The van der Waals surface area contributed by atoms with Crippen molar-refractivity contribution in [1.82, 2.24) is 4.90 Å². The number of rotatable bonds is 5. The lowest BCUT2D eigenvalue weighted by Gasteiger charge is -2.27. The predicted octanol–water partition coefficient (Wildman–Crippen LogP) is 1.61. The van der Waals surface area contributed by atoms with Crippen LogP contribution in [0.4, 0.5) is 0 Å². The van der Waals surface area contributed by atoms with Crippen molar-refractivity contribution < 1.29 is 14.3 Å². The van der Waals surface area contributed by atoms with Gasteiger partial charge in [0, 0.05) is 12.5 Å². The quantitative estimate of drug-likeness (QED) is 0.551. The highest BCUT2D eigenvalue weighted by Crippen LogP contribution is 2.44. The van der Waals surface area contributed by atoms with Crippen molar-refractivity contribution in [2.24, 2.45) is 17.8 Å². The van der Waals surface area contributed by atoms with Gasteiger partial charge in [-0.25, -0.2) is 0 Å². The molecule has 0 heterocycles. The van der Waals surface area contributed by atoms with E-state index in [1.165, 1.54) is 7.11 Å². The van der Waals surface area contributed by atoms with Gasteiger partial charge in [-0.05, 0) is 31.1 Å². The van der Waals surface area contributed by atoms with Crippen LogP contribution in [0.15, 0.2) is 12.2 Å². The van der Waals surface area contributed by atoms with E-state index >= 15 is 0 Å². The molecule has 0 aromatic rings. The van der Waals surface area contributed by atoms with E-state index in [1.807, 2.05) is 6.92 Å². The van der Waals surface area contributed by atoms with Crippen LogP contribution in [0, 0.1) is 17.8 Å². The van der Waals surface area contributed by atoms with Gasteiger partial charge in [0.2, 0.25) is 5.91 Å². The first-order valence-electron chi connectivity index (χ1n) is 6.69. The molecule has 1 saturated carbocycles. The Labute approximate surface area is 108 Å². The molecule has 100 valence electrons. The molecule has 0 spiro atoms. The van der Waals surface area contributed by atoms with Crippen LogP contribution in [0.2, 0.25) is 0 Å². The van der Waals surface area contributed by atoms with E-state index in [0.29, 0.717) is 18.4 Å². The zero-order valence-corrected chi connectivity index (χ0v) is 11.1. The maximum Gasteiger partial charge on any atom is 0.325 e. The standard InChI is InChI=1S/C14H21NO3/c1-3-6-15(9-13(16)18-2)14(17)12-8-10-4-5-11(12)7-10/h4-5,10-12H,3,6-9H2,1-2H3. The summed E-state index contributed by atoms with van der Waals surface area (Å²) in [6, 6.07) is 0. The molecule has 18 heavy (non-hydrogen) atoms. The molecule has 0 aromatic carbocycles. The van der Waals surface area contributed by atoms with Crippen molar-refractivity contribution in [2.45, 2.75) is 26.2 Å². The maximum absolute atomic E-state index is 12.5. The first kappa shape index (κ1) is 13.1. The first-order valence-corrected chi connectivity index (χ1v) is 6.69. The van der Waals surface area contributed by atoms with E-state index in [9.17, 15) is 9.59 Å². The van der Waals surface area contributed by atoms with E-state index in [1.54, 1.807) is 4.90 Å². The van der Waals surface area contributed by atoms with Crippen LogP contribution in [0.3, 0.4) is 0 Å². The summed E-state index contributed by atoms with van der Waals surface area (Å²) < 4.78 is 4.65. The molecule has 0 radical (unpaired) electrons. The summed E-state index contributed by atoms with van der Waals surface area (Å²) in [7, 11) is 1.36. The van der Waals surface area contributed by atoms with Crippen LogP contribution >= 0.6 is 0 Å². The van der Waals surface area contributed by atoms with E-state index in [4.69, 9.17) is 0 Å². The summed E-state index contributed by atoms with van der Waals surface area (Å²) in [5, 5.41) is 0. The molecule has 3 atom stereocenters. The number of fused-ring (bicyclic) bond motifs is 2. The molecule has 4 nitrogen and oxygen atoms in total. The van der Waals surface area contributed by atoms with Gasteiger partial charge in [0.1, 0.15) is 6.54 Å². The van der Waals surface area contributed by atoms with Gasteiger partial charge in [-0.2, -0.15) is 0 Å². The molecule has 1 fully saturated rings. The zero-order valence-electron chi connectivity index (χ0n) is 11.1. The fraction of sp³-hybridized carbons (Fsp3) is 0.714. The summed E-state index contributed by atoms with van der Waals surface area (Å²) in [6.45, 7) is 2.73. The highest BCUT2D eigenvalue weighted by atomic mass is 16.5. The number of nitrogens with zero attached hydrogens (tertiary/aromatic N) is 1. The molecule has 0 aromatic heterocycles. The van der Waals surface area contributed by atoms with Gasteiger partial charge >= 0.3 is 5.97 Å². The summed E-state index contributed by atoms with van der Waals surface area (Å²) in [5.74, 6) is 0.830. The number of carbonyl (C=O) groups excluding carboxylic acids is 2. The highest BCUT2D eigenvalue weighted by molar-refractivity contribution is 5.84. The van der Waals surface area contributed by atoms with Gasteiger partial charge in [-0.15, -0.1) is 0 Å². The van der Waals surface area contributed by atoms with Crippen molar-refractivity contribution in [2.75, 3.05) is 20.2 Å². The summed E-state index contributed by atoms with van der Waals surface area (Å²) in [4.78, 5) is 25.5. The number of ether oxygens (including phenoxy) is 1. The third-order valence-corrected chi connectivity index (χ3v) is 3.95. The topological polar surface area (TPSA) is 46.6 Å². The smallest absolute Gasteiger partial charge is 0.325 e. The molecule has 2 aliphatic rings. The number of hydrogen-bond donors (Lipinski definition) is 0. The number of allylic oxidation sites excluding steroid dienone is 2. The third-order valence-electron chi connectivity index (χ3n) is 3.95. The molecule has 2 rings (SSSR count). The second-order valence-electron chi connectivity index (χ2n) is 5.22. The number of amides is 1. The predicted molar refractivity (Wildman–Crippen MR) is 67.7 cm³/mol. The first-order chi connectivity index (χ1) is 8.65. The summed E-state index contributed by atoms with van der Waals surface area (Å²) in [6.07, 6.45) is 7.30. The van der Waals surface area contributed by atoms with Crippen molar-refractivity contribution in [3.63, 3.8) is 0 Å². The van der Waals surface area contributed by atoms with Crippen LogP contribution in [-0.4, -0.2) is 37.0 Å². The second kappa shape index (κ2) is 5.55. The monoisotopic (exact) mass is 251 g/mol. The normalized spacial score (nSPS) is 28.4. The van der Waals surface area contributed by atoms with Crippen LogP contribution < -0.4 is 0 Å². The Morgan fingerprint density at radius 3 is 2.61 bits per heavy atom. The van der Waals surface area contributed by atoms with Gasteiger partial charge < -0.3 is 9.64 Å².